The summed E-state index contributed by atoms with van der Waals surface area (Å²) < 4.78 is 34.7. The summed E-state index contributed by atoms with van der Waals surface area (Å²) in [4.78, 5) is 0.262. The van der Waals surface area contributed by atoms with Crippen LogP contribution in [0.1, 0.15) is 25.8 Å². The number of allylic oxidation sites excluding steroid dienone is 1. The van der Waals surface area contributed by atoms with E-state index in [1.54, 1.807) is 18.3 Å². The van der Waals surface area contributed by atoms with Gasteiger partial charge in [0, 0.05) is 19.2 Å². The summed E-state index contributed by atoms with van der Waals surface area (Å²) in [5.41, 5.74) is 1.11. The summed E-state index contributed by atoms with van der Waals surface area (Å²) in [5, 5.41) is 0. The van der Waals surface area contributed by atoms with E-state index in [9.17, 15) is 8.42 Å². The third-order valence-corrected chi connectivity index (χ3v) is 5.08. The van der Waals surface area contributed by atoms with E-state index in [2.05, 4.69) is 4.72 Å². The Morgan fingerprint density at radius 2 is 1.92 bits per heavy atom. The van der Waals surface area contributed by atoms with E-state index in [1.807, 2.05) is 67.1 Å². The van der Waals surface area contributed by atoms with Crippen LogP contribution in [0.15, 0.2) is 65.8 Å². The summed E-state index contributed by atoms with van der Waals surface area (Å²) >= 11 is 0. The highest BCUT2D eigenvalue weighted by Gasteiger charge is 2.16. The number of ether oxygens (including phenoxy) is 1. The van der Waals surface area contributed by atoms with E-state index < -0.39 is 10.0 Å². The Balaban J connectivity index is 1.91. The largest absolute Gasteiger partial charge is 0.379 e. The van der Waals surface area contributed by atoms with Gasteiger partial charge in [-0.25, -0.2) is 17.7 Å². The molecule has 1 aromatic carbocycles. The van der Waals surface area contributed by atoms with Crippen molar-refractivity contribution in [1.29, 1.82) is 0 Å². The highest BCUT2D eigenvalue weighted by molar-refractivity contribution is 7.89. The molecule has 0 radical (unpaired) electrons. The van der Waals surface area contributed by atoms with Crippen molar-refractivity contribution in [3.05, 3.63) is 66.5 Å². The number of hydrogen-bond acceptors (Lipinski definition) is 3. The molecule has 140 valence electrons. The molecule has 0 unspecified atom stereocenters. The predicted molar refractivity (Wildman–Crippen MR) is 103 cm³/mol. The predicted octanol–water partition coefficient (Wildman–Crippen LogP) is 2.78. The van der Waals surface area contributed by atoms with E-state index in [-0.39, 0.29) is 11.0 Å². The van der Waals surface area contributed by atoms with Gasteiger partial charge >= 0.3 is 0 Å². The molecule has 0 atom stereocenters. The van der Waals surface area contributed by atoms with Crippen LogP contribution in [0, 0.1) is 0 Å². The SMILES string of the molecule is CC(C)OCCCNS(=O)(=O)c1ccc[n+](C/C=C/c2ccccc2)c1. The Kier molecular flexibility index (Phi) is 7.97. The minimum atomic E-state index is -3.51. The Hall–Kier alpha value is -2.02. The molecule has 0 saturated carbocycles. The average Bonchev–Trinajstić information content (AvgIpc) is 2.62. The molecular formula is C20H27N2O3S+. The number of nitrogens with one attached hydrogen (secondary N) is 1. The molecule has 2 rings (SSSR count). The van der Waals surface area contributed by atoms with Gasteiger partial charge in [-0.15, -0.1) is 0 Å². The molecule has 2 aromatic rings. The van der Waals surface area contributed by atoms with Gasteiger partial charge in [-0.2, -0.15) is 0 Å². The lowest BCUT2D eigenvalue weighted by atomic mass is 10.2. The van der Waals surface area contributed by atoms with E-state index in [1.165, 1.54) is 0 Å². The molecule has 1 aromatic heterocycles. The molecule has 0 spiro atoms. The number of nitrogens with zero attached hydrogens (tertiary/aromatic N) is 1. The lowest BCUT2D eigenvalue weighted by Gasteiger charge is -2.08. The molecule has 6 heteroatoms. The number of hydrogen-bond donors (Lipinski definition) is 1. The first kappa shape index (κ1) is 20.3. The fourth-order valence-electron chi connectivity index (χ4n) is 2.33. The fourth-order valence-corrected chi connectivity index (χ4v) is 3.44. The van der Waals surface area contributed by atoms with Crippen LogP contribution in [0.2, 0.25) is 0 Å². The van der Waals surface area contributed by atoms with Crippen molar-refractivity contribution in [3.63, 3.8) is 0 Å². The second kappa shape index (κ2) is 10.2. The first-order valence-corrected chi connectivity index (χ1v) is 10.3. The molecule has 0 saturated heterocycles. The Morgan fingerprint density at radius 1 is 1.15 bits per heavy atom. The van der Waals surface area contributed by atoms with Gasteiger partial charge in [-0.3, -0.25) is 0 Å². The number of benzene rings is 1. The minimum absolute atomic E-state index is 0.156. The Labute approximate surface area is 156 Å². The van der Waals surface area contributed by atoms with Crippen LogP contribution in [-0.2, 0) is 21.3 Å². The standard InChI is InChI=1S/C20H27N2O3S/c1-18(2)25-16-8-13-21-26(23,24)20-12-7-15-22(17-20)14-6-11-19-9-4-3-5-10-19/h3-7,9-12,15,17-18,21H,8,13-14,16H2,1-2H3/q+1/b11-6+. The Morgan fingerprint density at radius 3 is 2.65 bits per heavy atom. The lowest BCUT2D eigenvalue weighted by molar-refractivity contribution is -0.688. The molecule has 5 nitrogen and oxygen atoms in total. The molecule has 1 N–H and O–H groups in total. The van der Waals surface area contributed by atoms with Crippen molar-refractivity contribution in [3.8, 4) is 0 Å². The van der Waals surface area contributed by atoms with Gasteiger partial charge < -0.3 is 4.74 Å². The van der Waals surface area contributed by atoms with Crippen LogP contribution in [-0.4, -0.2) is 27.7 Å². The first-order valence-electron chi connectivity index (χ1n) is 8.79. The van der Waals surface area contributed by atoms with Crippen molar-refractivity contribution in [1.82, 2.24) is 4.72 Å². The molecule has 1 heterocycles. The molecule has 0 aliphatic carbocycles. The fraction of sp³-hybridized carbons (Fsp3) is 0.350. The normalized spacial score (nSPS) is 12.1. The van der Waals surface area contributed by atoms with Gasteiger partial charge in [0.25, 0.3) is 0 Å². The number of sulfonamides is 1. The van der Waals surface area contributed by atoms with Crippen LogP contribution in [0.3, 0.4) is 0 Å². The molecule has 0 aliphatic rings. The van der Waals surface area contributed by atoms with E-state index in [4.69, 9.17) is 4.74 Å². The van der Waals surface area contributed by atoms with Crippen molar-refractivity contribution < 1.29 is 17.7 Å². The second-order valence-electron chi connectivity index (χ2n) is 6.22. The van der Waals surface area contributed by atoms with Gasteiger partial charge in [0.05, 0.1) is 6.10 Å². The second-order valence-corrected chi connectivity index (χ2v) is 7.99. The number of aromatic nitrogens is 1. The topological polar surface area (TPSA) is 59.3 Å². The maximum Gasteiger partial charge on any atom is 0.246 e. The van der Waals surface area contributed by atoms with Crippen molar-refractivity contribution in [2.75, 3.05) is 13.2 Å². The number of rotatable bonds is 10. The van der Waals surface area contributed by atoms with Gasteiger partial charge in [-0.05, 0) is 38.0 Å². The minimum Gasteiger partial charge on any atom is -0.379 e. The van der Waals surface area contributed by atoms with Crippen LogP contribution in [0.5, 0.6) is 0 Å². The maximum absolute atomic E-state index is 12.4. The zero-order chi connectivity index (χ0) is 18.8. The van der Waals surface area contributed by atoms with Crippen LogP contribution in [0.4, 0.5) is 0 Å². The highest BCUT2D eigenvalue weighted by Crippen LogP contribution is 2.05. The summed E-state index contributed by atoms with van der Waals surface area (Å²) in [7, 11) is -3.51. The third-order valence-electron chi connectivity index (χ3n) is 3.63. The van der Waals surface area contributed by atoms with E-state index >= 15 is 0 Å². The van der Waals surface area contributed by atoms with Crippen molar-refractivity contribution in [2.24, 2.45) is 0 Å². The third kappa shape index (κ3) is 7.07. The van der Waals surface area contributed by atoms with Gasteiger partial charge in [0.2, 0.25) is 10.0 Å². The zero-order valence-corrected chi connectivity index (χ0v) is 16.2. The van der Waals surface area contributed by atoms with Crippen molar-refractivity contribution >= 4 is 16.1 Å². The Bertz CT molecular complexity index is 803. The van der Waals surface area contributed by atoms with Crippen molar-refractivity contribution in [2.45, 2.75) is 37.8 Å². The monoisotopic (exact) mass is 375 g/mol. The zero-order valence-electron chi connectivity index (χ0n) is 15.3. The molecule has 26 heavy (non-hydrogen) atoms. The summed E-state index contributed by atoms with van der Waals surface area (Å²) in [5.74, 6) is 0. The number of pyridine rings is 1. The summed E-state index contributed by atoms with van der Waals surface area (Å²) in [6.45, 7) is 5.41. The smallest absolute Gasteiger partial charge is 0.246 e. The lowest BCUT2D eigenvalue weighted by Crippen LogP contribution is -2.34. The molecule has 0 bridgehead atoms. The molecular weight excluding hydrogens is 348 g/mol. The summed E-state index contributed by atoms with van der Waals surface area (Å²) in [6, 6.07) is 13.3. The quantitative estimate of drug-likeness (QED) is 0.513. The first-order chi connectivity index (χ1) is 12.5. The van der Waals surface area contributed by atoms with Gasteiger partial charge in [0.15, 0.2) is 18.9 Å². The van der Waals surface area contributed by atoms with Gasteiger partial charge in [-0.1, -0.05) is 36.4 Å². The summed E-state index contributed by atoms with van der Waals surface area (Å²) in [6.07, 6.45) is 8.31. The van der Waals surface area contributed by atoms with E-state index in [0.717, 1.165) is 5.56 Å². The highest BCUT2D eigenvalue weighted by atomic mass is 32.2. The molecule has 0 aliphatic heterocycles. The van der Waals surface area contributed by atoms with E-state index in [0.29, 0.717) is 26.1 Å². The molecule has 0 fully saturated rings. The maximum atomic E-state index is 12.4. The molecule has 0 amide bonds. The average molecular weight is 376 g/mol. The van der Waals surface area contributed by atoms with Crippen LogP contribution >= 0.6 is 0 Å². The van der Waals surface area contributed by atoms with Crippen LogP contribution < -0.4 is 9.29 Å². The van der Waals surface area contributed by atoms with Crippen LogP contribution in [0.25, 0.3) is 6.08 Å². The van der Waals surface area contributed by atoms with Gasteiger partial charge in [0.1, 0.15) is 4.90 Å².